The van der Waals surface area contributed by atoms with Crippen molar-refractivity contribution in [2.45, 2.75) is 56.0 Å². The molecule has 1 aromatic heterocycles. The van der Waals surface area contributed by atoms with Crippen molar-refractivity contribution < 1.29 is 17.2 Å². The zero-order valence-electron chi connectivity index (χ0n) is 14.2. The van der Waals surface area contributed by atoms with Crippen molar-refractivity contribution in [2.24, 2.45) is 0 Å². The topological polar surface area (TPSA) is 68.1 Å². The van der Waals surface area contributed by atoms with Crippen LogP contribution in [0.3, 0.4) is 0 Å². The molecule has 2 aromatic rings. The lowest BCUT2D eigenvalue weighted by Gasteiger charge is -2.24. The molecule has 0 bridgehead atoms. The van der Waals surface area contributed by atoms with E-state index in [0.29, 0.717) is 18.7 Å². The third-order valence-corrected chi connectivity index (χ3v) is 7.04. The number of hydrogen-bond donors (Lipinski definition) is 0. The third kappa shape index (κ3) is 2.92. The summed E-state index contributed by atoms with van der Waals surface area (Å²) in [4.78, 5) is -0.625. The minimum absolute atomic E-state index is 0.255. The van der Waals surface area contributed by atoms with Crippen molar-refractivity contribution in [3.8, 4) is 0 Å². The highest BCUT2D eigenvalue weighted by atomic mass is 32.2. The Morgan fingerprint density at radius 3 is 2.73 bits per heavy atom. The highest BCUT2D eigenvalue weighted by molar-refractivity contribution is 7.89. The molecule has 26 heavy (non-hydrogen) atoms. The second-order valence-corrected chi connectivity index (χ2v) is 8.64. The van der Waals surface area contributed by atoms with Crippen LogP contribution in [-0.2, 0) is 23.0 Å². The highest BCUT2D eigenvalue weighted by Gasteiger charge is 2.40. The molecule has 0 N–H and O–H groups in total. The molecular formula is C17H20F2N4O2S. The van der Waals surface area contributed by atoms with E-state index < -0.39 is 32.6 Å². The lowest BCUT2D eigenvalue weighted by Crippen LogP contribution is -2.33. The number of benzene rings is 1. The van der Waals surface area contributed by atoms with Gasteiger partial charge in [0.2, 0.25) is 10.0 Å². The first-order chi connectivity index (χ1) is 12.5. The Labute approximate surface area is 150 Å². The molecule has 0 aliphatic carbocycles. The predicted molar refractivity (Wildman–Crippen MR) is 89.8 cm³/mol. The fourth-order valence-electron chi connectivity index (χ4n) is 3.84. The standard InChI is InChI=1S/C17H20F2N4O2S/c18-12-7-8-13(19)15(11-12)26(24,25)23-10-4-5-14(23)17-21-20-16-6-2-1-3-9-22(16)17/h7-8,11,14H,1-6,9-10H2. The highest BCUT2D eigenvalue weighted by Crippen LogP contribution is 2.37. The number of fused-ring (bicyclic) bond motifs is 1. The summed E-state index contributed by atoms with van der Waals surface area (Å²) in [5, 5.41) is 8.50. The first-order valence-corrected chi connectivity index (χ1v) is 10.3. The molecular weight excluding hydrogens is 362 g/mol. The van der Waals surface area contributed by atoms with E-state index in [2.05, 4.69) is 10.2 Å². The molecule has 2 aliphatic rings. The van der Waals surface area contributed by atoms with Crippen LogP contribution in [0.1, 0.15) is 49.8 Å². The molecule has 1 atom stereocenters. The number of nitrogens with zero attached hydrogens (tertiary/aromatic N) is 4. The average Bonchev–Trinajstić information content (AvgIpc) is 3.18. The maximum Gasteiger partial charge on any atom is 0.246 e. The third-order valence-electron chi connectivity index (χ3n) is 5.12. The minimum atomic E-state index is -4.17. The molecule has 4 rings (SSSR count). The van der Waals surface area contributed by atoms with Gasteiger partial charge in [0.15, 0.2) is 5.82 Å². The Bertz CT molecular complexity index is 929. The molecule has 9 heteroatoms. The second kappa shape index (κ2) is 6.70. The van der Waals surface area contributed by atoms with E-state index >= 15 is 0 Å². The first kappa shape index (κ1) is 17.5. The molecule has 2 aliphatic heterocycles. The van der Waals surface area contributed by atoms with Crippen LogP contribution in [0.25, 0.3) is 0 Å². The summed E-state index contributed by atoms with van der Waals surface area (Å²) < 4.78 is 56.9. The van der Waals surface area contributed by atoms with Gasteiger partial charge in [-0.3, -0.25) is 0 Å². The van der Waals surface area contributed by atoms with E-state index in [1.54, 1.807) is 0 Å². The van der Waals surface area contributed by atoms with Crippen LogP contribution in [0, 0.1) is 11.6 Å². The van der Waals surface area contributed by atoms with E-state index in [4.69, 9.17) is 0 Å². The Morgan fingerprint density at radius 1 is 1.04 bits per heavy atom. The van der Waals surface area contributed by atoms with Gasteiger partial charge in [0.05, 0.1) is 6.04 Å². The van der Waals surface area contributed by atoms with Gasteiger partial charge in [0.25, 0.3) is 0 Å². The van der Waals surface area contributed by atoms with Crippen molar-refractivity contribution in [1.29, 1.82) is 0 Å². The van der Waals surface area contributed by atoms with Crippen LogP contribution >= 0.6 is 0 Å². The van der Waals surface area contributed by atoms with Gasteiger partial charge in [-0.25, -0.2) is 17.2 Å². The van der Waals surface area contributed by atoms with Crippen LogP contribution in [-0.4, -0.2) is 34.0 Å². The first-order valence-electron chi connectivity index (χ1n) is 8.87. The molecule has 140 valence electrons. The van der Waals surface area contributed by atoms with Crippen molar-refractivity contribution in [2.75, 3.05) is 6.54 Å². The minimum Gasteiger partial charge on any atom is -0.314 e. The normalized spacial score (nSPS) is 21.5. The molecule has 3 heterocycles. The van der Waals surface area contributed by atoms with E-state index in [1.807, 2.05) is 4.57 Å². The molecule has 0 spiro atoms. The van der Waals surface area contributed by atoms with Gasteiger partial charge in [0, 0.05) is 19.5 Å². The molecule has 6 nitrogen and oxygen atoms in total. The smallest absolute Gasteiger partial charge is 0.246 e. The van der Waals surface area contributed by atoms with Crippen LogP contribution in [0.2, 0.25) is 0 Å². The van der Waals surface area contributed by atoms with E-state index in [-0.39, 0.29) is 6.54 Å². The number of hydrogen-bond acceptors (Lipinski definition) is 4. The Morgan fingerprint density at radius 2 is 1.88 bits per heavy atom. The van der Waals surface area contributed by atoms with Gasteiger partial charge in [-0.2, -0.15) is 4.31 Å². The largest absolute Gasteiger partial charge is 0.314 e. The lowest BCUT2D eigenvalue weighted by atomic mass is 10.2. The molecule has 1 fully saturated rings. The molecule has 0 radical (unpaired) electrons. The van der Waals surface area contributed by atoms with Gasteiger partial charge in [-0.15, -0.1) is 10.2 Å². The van der Waals surface area contributed by atoms with Crippen LogP contribution in [0.15, 0.2) is 23.1 Å². The summed E-state index contributed by atoms with van der Waals surface area (Å²) >= 11 is 0. The van der Waals surface area contributed by atoms with Gasteiger partial charge in [-0.1, -0.05) is 6.42 Å². The number of aromatic nitrogens is 3. The summed E-state index contributed by atoms with van der Waals surface area (Å²) in [7, 11) is -4.17. The maximum absolute atomic E-state index is 14.1. The van der Waals surface area contributed by atoms with Crippen molar-refractivity contribution >= 4 is 10.0 Å². The van der Waals surface area contributed by atoms with E-state index in [9.17, 15) is 17.2 Å². The molecule has 0 amide bonds. The fraction of sp³-hybridized carbons (Fsp3) is 0.529. The Hall–Kier alpha value is -1.87. The second-order valence-electron chi connectivity index (χ2n) is 6.79. The number of halogens is 2. The summed E-state index contributed by atoms with van der Waals surface area (Å²) in [6, 6.07) is 2.00. The molecule has 0 saturated carbocycles. The molecule has 1 unspecified atom stereocenters. The lowest BCUT2D eigenvalue weighted by molar-refractivity contribution is 0.368. The number of sulfonamides is 1. The zero-order valence-corrected chi connectivity index (χ0v) is 15.1. The van der Waals surface area contributed by atoms with Gasteiger partial charge >= 0.3 is 0 Å². The summed E-state index contributed by atoms with van der Waals surface area (Å²) in [5.41, 5.74) is 0. The van der Waals surface area contributed by atoms with Gasteiger partial charge < -0.3 is 4.57 Å². The summed E-state index contributed by atoms with van der Waals surface area (Å²) in [6.07, 6.45) is 5.20. The van der Waals surface area contributed by atoms with Crippen LogP contribution < -0.4 is 0 Å². The van der Waals surface area contributed by atoms with Crippen LogP contribution in [0.4, 0.5) is 8.78 Å². The van der Waals surface area contributed by atoms with Crippen LogP contribution in [0.5, 0.6) is 0 Å². The molecule has 1 aromatic carbocycles. The van der Waals surface area contributed by atoms with Gasteiger partial charge in [0.1, 0.15) is 22.4 Å². The van der Waals surface area contributed by atoms with Crippen molar-refractivity contribution in [3.63, 3.8) is 0 Å². The monoisotopic (exact) mass is 382 g/mol. The van der Waals surface area contributed by atoms with Crippen molar-refractivity contribution in [3.05, 3.63) is 41.5 Å². The van der Waals surface area contributed by atoms with Gasteiger partial charge in [-0.05, 0) is 43.9 Å². The van der Waals surface area contributed by atoms with Crippen molar-refractivity contribution in [1.82, 2.24) is 19.1 Å². The van der Waals surface area contributed by atoms with E-state index in [0.717, 1.165) is 56.3 Å². The quantitative estimate of drug-likeness (QED) is 0.819. The zero-order chi connectivity index (χ0) is 18.3. The SMILES string of the molecule is O=S(=O)(c1cc(F)ccc1F)N1CCCC1c1nnc2n1CCCCC2. The summed E-state index contributed by atoms with van der Waals surface area (Å²) in [5.74, 6) is -0.243. The Balaban J connectivity index is 1.73. The Kier molecular flexibility index (Phi) is 4.52. The molecule has 1 saturated heterocycles. The summed E-state index contributed by atoms with van der Waals surface area (Å²) in [6.45, 7) is 1.02. The number of rotatable bonds is 3. The predicted octanol–water partition coefficient (Wildman–Crippen LogP) is 2.81. The maximum atomic E-state index is 14.1. The number of aryl methyl sites for hydroxylation is 1. The average molecular weight is 382 g/mol. The van der Waals surface area contributed by atoms with E-state index in [1.165, 1.54) is 4.31 Å². The fourth-order valence-corrected chi connectivity index (χ4v) is 5.57.